The average molecular weight is 305 g/mol. The second-order valence-corrected chi connectivity index (χ2v) is 4.69. The van der Waals surface area contributed by atoms with Crippen molar-refractivity contribution in [1.82, 2.24) is 19.4 Å². The van der Waals surface area contributed by atoms with Crippen LogP contribution in [-0.4, -0.2) is 19.4 Å². The maximum atomic E-state index is 7.84. The highest BCUT2D eigenvalue weighted by Crippen LogP contribution is 2.17. The largest absolute Gasteiger partial charge is 0.336 e. The minimum atomic E-state index is 0.182. The monoisotopic (exact) mass is 304 g/mol. The van der Waals surface area contributed by atoms with Gasteiger partial charge in [0.25, 0.3) is 0 Å². The minimum Gasteiger partial charge on any atom is -0.336 e. The molecule has 0 fully saturated rings. The van der Waals surface area contributed by atoms with Crippen molar-refractivity contribution < 1.29 is 0 Å². The first-order chi connectivity index (χ1) is 8.66. The van der Waals surface area contributed by atoms with Crippen LogP contribution in [0.4, 0.5) is 0 Å². The van der Waals surface area contributed by atoms with Gasteiger partial charge in [-0.3, -0.25) is 5.41 Å². The summed E-state index contributed by atoms with van der Waals surface area (Å²) in [5.74, 6) is 5.58. The van der Waals surface area contributed by atoms with Crippen LogP contribution in [0.5, 0.6) is 0 Å². The number of aromatic nitrogens is 4. The van der Waals surface area contributed by atoms with Crippen molar-refractivity contribution in [2.45, 2.75) is 0 Å². The van der Waals surface area contributed by atoms with E-state index in [4.69, 9.17) is 11.3 Å². The van der Waals surface area contributed by atoms with E-state index in [-0.39, 0.29) is 5.49 Å². The molecule has 1 aromatic carbocycles. The summed E-state index contributed by atoms with van der Waals surface area (Å²) in [6.45, 7) is 0. The predicted octanol–water partition coefficient (Wildman–Crippen LogP) is 1.18. The number of nitrogens with one attached hydrogen (secondary N) is 1. The lowest BCUT2D eigenvalue weighted by Gasteiger charge is -2.04. The number of benzene rings is 1. The number of halogens is 1. The van der Waals surface area contributed by atoms with Crippen LogP contribution in [0.3, 0.4) is 0 Å². The SMILES string of the molecule is N=c1c2cnn(-c3cccc(Br)c3)c2ncn1N. The molecule has 0 saturated carbocycles. The molecule has 0 amide bonds. The molecule has 0 saturated heterocycles. The predicted molar refractivity (Wildman–Crippen MR) is 70.6 cm³/mol. The molecule has 0 aliphatic carbocycles. The van der Waals surface area contributed by atoms with Crippen molar-refractivity contribution in [2.75, 3.05) is 5.84 Å². The topological polar surface area (TPSA) is 85.5 Å². The van der Waals surface area contributed by atoms with E-state index < -0.39 is 0 Å². The minimum absolute atomic E-state index is 0.182. The smallest absolute Gasteiger partial charge is 0.168 e. The Hall–Kier alpha value is -2.15. The number of hydrogen-bond acceptors (Lipinski definition) is 4. The average Bonchev–Trinajstić information content (AvgIpc) is 2.78. The van der Waals surface area contributed by atoms with Crippen LogP contribution in [0, 0.1) is 5.41 Å². The Kier molecular flexibility index (Phi) is 2.41. The molecule has 0 aliphatic rings. The van der Waals surface area contributed by atoms with Crippen LogP contribution in [-0.2, 0) is 0 Å². The molecule has 3 rings (SSSR count). The molecule has 0 unspecified atom stereocenters. The van der Waals surface area contributed by atoms with Gasteiger partial charge in [-0.15, -0.1) is 0 Å². The maximum absolute atomic E-state index is 7.84. The summed E-state index contributed by atoms with van der Waals surface area (Å²) in [5, 5.41) is 12.7. The van der Waals surface area contributed by atoms with Gasteiger partial charge in [-0.2, -0.15) is 5.10 Å². The third kappa shape index (κ3) is 1.60. The molecular formula is C11H9BrN6. The second kappa shape index (κ2) is 3.95. The zero-order chi connectivity index (χ0) is 12.7. The Bertz CT molecular complexity index is 788. The number of fused-ring (bicyclic) bond motifs is 1. The fraction of sp³-hybridized carbons (Fsp3) is 0. The van der Waals surface area contributed by atoms with Gasteiger partial charge in [0.15, 0.2) is 11.1 Å². The second-order valence-electron chi connectivity index (χ2n) is 3.77. The molecule has 0 spiro atoms. The molecule has 0 atom stereocenters. The first-order valence-corrected chi connectivity index (χ1v) is 5.97. The first kappa shape index (κ1) is 11.0. The molecule has 0 radical (unpaired) electrons. The molecule has 3 aromatic rings. The molecule has 18 heavy (non-hydrogen) atoms. The van der Waals surface area contributed by atoms with Crippen LogP contribution < -0.4 is 11.3 Å². The molecular weight excluding hydrogens is 296 g/mol. The van der Waals surface area contributed by atoms with E-state index in [9.17, 15) is 0 Å². The van der Waals surface area contributed by atoms with Crippen molar-refractivity contribution in [1.29, 1.82) is 5.41 Å². The summed E-state index contributed by atoms with van der Waals surface area (Å²) in [4.78, 5) is 4.21. The van der Waals surface area contributed by atoms with Gasteiger partial charge in [0.1, 0.15) is 6.33 Å². The van der Waals surface area contributed by atoms with Crippen LogP contribution in [0.15, 0.2) is 41.3 Å². The Balaban J connectivity index is 2.32. The lowest BCUT2D eigenvalue weighted by Crippen LogP contribution is -2.27. The van der Waals surface area contributed by atoms with Gasteiger partial charge in [-0.05, 0) is 18.2 Å². The number of hydrogen-bond donors (Lipinski definition) is 2. The standard InChI is InChI=1S/C11H9BrN6/c12-7-2-1-3-8(4-7)18-11-9(5-16-18)10(13)17(14)6-15-11/h1-6,13H,14H2. The Morgan fingerprint density at radius 2 is 2.17 bits per heavy atom. The van der Waals surface area contributed by atoms with E-state index in [0.717, 1.165) is 14.8 Å². The fourth-order valence-electron chi connectivity index (χ4n) is 1.74. The van der Waals surface area contributed by atoms with Crippen molar-refractivity contribution in [3.63, 3.8) is 0 Å². The van der Waals surface area contributed by atoms with E-state index in [1.165, 1.54) is 6.33 Å². The Labute approximate surface area is 110 Å². The molecule has 2 heterocycles. The number of nitrogens with two attached hydrogens (primary N) is 1. The highest BCUT2D eigenvalue weighted by molar-refractivity contribution is 9.10. The van der Waals surface area contributed by atoms with Gasteiger partial charge in [0, 0.05) is 4.47 Å². The fourth-order valence-corrected chi connectivity index (χ4v) is 2.13. The van der Waals surface area contributed by atoms with Gasteiger partial charge in [-0.25, -0.2) is 14.3 Å². The van der Waals surface area contributed by atoms with Crippen molar-refractivity contribution in [2.24, 2.45) is 0 Å². The summed E-state index contributed by atoms with van der Waals surface area (Å²) >= 11 is 3.42. The number of nitrogens with zero attached hydrogens (tertiary/aromatic N) is 4. The Morgan fingerprint density at radius 3 is 2.94 bits per heavy atom. The number of rotatable bonds is 1. The summed E-state index contributed by atoms with van der Waals surface area (Å²) in [7, 11) is 0. The molecule has 3 N–H and O–H groups in total. The Morgan fingerprint density at radius 1 is 1.33 bits per heavy atom. The third-order valence-corrected chi connectivity index (χ3v) is 3.11. The molecule has 0 bridgehead atoms. The van der Waals surface area contributed by atoms with Gasteiger partial charge in [0.05, 0.1) is 17.3 Å². The van der Waals surface area contributed by atoms with E-state index in [0.29, 0.717) is 11.0 Å². The summed E-state index contributed by atoms with van der Waals surface area (Å²) in [6, 6.07) is 7.71. The normalized spacial score (nSPS) is 10.9. The first-order valence-electron chi connectivity index (χ1n) is 5.18. The summed E-state index contributed by atoms with van der Waals surface area (Å²) < 4.78 is 3.80. The summed E-state index contributed by atoms with van der Waals surface area (Å²) in [5.41, 5.74) is 1.67. The maximum Gasteiger partial charge on any atom is 0.168 e. The van der Waals surface area contributed by atoms with Gasteiger partial charge in [-0.1, -0.05) is 22.0 Å². The lowest BCUT2D eigenvalue weighted by molar-refractivity contribution is 0.850. The van der Waals surface area contributed by atoms with Crippen LogP contribution >= 0.6 is 15.9 Å². The highest BCUT2D eigenvalue weighted by Gasteiger charge is 2.08. The van der Waals surface area contributed by atoms with Crippen LogP contribution in [0.2, 0.25) is 0 Å². The summed E-state index contributed by atoms with van der Waals surface area (Å²) in [6.07, 6.45) is 3.00. The quantitative estimate of drug-likeness (QED) is 0.662. The third-order valence-electron chi connectivity index (χ3n) is 2.61. The van der Waals surface area contributed by atoms with Crippen LogP contribution in [0.1, 0.15) is 0 Å². The molecule has 0 aliphatic heterocycles. The van der Waals surface area contributed by atoms with E-state index in [1.54, 1.807) is 10.9 Å². The van der Waals surface area contributed by atoms with Gasteiger partial charge in [0.2, 0.25) is 0 Å². The zero-order valence-corrected chi connectivity index (χ0v) is 10.8. The number of nitrogen functional groups attached to an aromatic ring is 1. The van der Waals surface area contributed by atoms with E-state index >= 15 is 0 Å². The van der Waals surface area contributed by atoms with E-state index in [2.05, 4.69) is 26.0 Å². The van der Waals surface area contributed by atoms with Gasteiger partial charge < -0.3 is 5.84 Å². The zero-order valence-electron chi connectivity index (χ0n) is 9.21. The van der Waals surface area contributed by atoms with E-state index in [1.807, 2.05) is 24.3 Å². The van der Waals surface area contributed by atoms with Crippen molar-refractivity contribution in [3.8, 4) is 5.69 Å². The highest BCUT2D eigenvalue weighted by atomic mass is 79.9. The van der Waals surface area contributed by atoms with Gasteiger partial charge >= 0.3 is 0 Å². The van der Waals surface area contributed by atoms with Crippen LogP contribution in [0.25, 0.3) is 16.7 Å². The molecule has 2 aromatic heterocycles. The van der Waals surface area contributed by atoms with Crippen molar-refractivity contribution in [3.05, 3.63) is 46.8 Å². The van der Waals surface area contributed by atoms with Crippen molar-refractivity contribution >= 4 is 27.0 Å². The molecule has 90 valence electrons. The lowest BCUT2D eigenvalue weighted by atomic mass is 10.3. The molecule has 6 nitrogen and oxygen atoms in total. The molecule has 7 heteroatoms.